The fourth-order valence-corrected chi connectivity index (χ4v) is 2.41. The molecule has 0 heterocycles. The van der Waals surface area contributed by atoms with Crippen molar-refractivity contribution in [2.45, 2.75) is 6.92 Å². The highest BCUT2D eigenvalue weighted by atomic mass is 32.1. The lowest BCUT2D eigenvalue weighted by molar-refractivity contribution is 0.0827. The molecule has 0 aromatic heterocycles. The number of ether oxygens (including phenoxy) is 1. The number of carbonyl (C=O) groups is 2. The van der Waals surface area contributed by atoms with E-state index >= 15 is 0 Å². The Morgan fingerprint density at radius 3 is 2.38 bits per heavy atom. The first-order chi connectivity index (χ1) is 12.4. The Bertz CT molecular complexity index is 804. The van der Waals surface area contributed by atoms with Crippen LogP contribution < -0.4 is 15.4 Å². The fraction of sp³-hybridized carbons (Fsp3) is 0.211. The Balaban J connectivity index is 1.99. The van der Waals surface area contributed by atoms with Crippen LogP contribution in [0.2, 0.25) is 0 Å². The van der Waals surface area contributed by atoms with E-state index in [1.807, 2.05) is 6.92 Å². The number of anilines is 1. The van der Waals surface area contributed by atoms with Crippen LogP contribution in [0.4, 0.5) is 5.69 Å². The van der Waals surface area contributed by atoms with Crippen LogP contribution in [0, 0.1) is 0 Å². The molecule has 2 aromatic carbocycles. The SMILES string of the molecule is CCOc1ccc(C(=O)NC(=S)Nc2cccc(C(=O)N(C)C)c2)cc1. The number of nitrogens with one attached hydrogen (secondary N) is 2. The van der Waals surface area contributed by atoms with Crippen LogP contribution in [0.15, 0.2) is 48.5 Å². The second-order valence-electron chi connectivity index (χ2n) is 5.65. The Kier molecular flexibility index (Phi) is 6.68. The molecular weight excluding hydrogens is 350 g/mol. The summed E-state index contributed by atoms with van der Waals surface area (Å²) in [6, 6.07) is 13.7. The highest BCUT2D eigenvalue weighted by Crippen LogP contribution is 2.13. The molecule has 0 atom stereocenters. The maximum Gasteiger partial charge on any atom is 0.257 e. The minimum Gasteiger partial charge on any atom is -0.494 e. The van der Waals surface area contributed by atoms with Crippen molar-refractivity contribution in [1.29, 1.82) is 0 Å². The third kappa shape index (κ3) is 5.29. The van der Waals surface area contributed by atoms with Crippen LogP contribution in [-0.2, 0) is 0 Å². The number of rotatable bonds is 5. The topological polar surface area (TPSA) is 70.7 Å². The van der Waals surface area contributed by atoms with Gasteiger partial charge in [-0.1, -0.05) is 6.07 Å². The third-order valence-electron chi connectivity index (χ3n) is 3.43. The molecule has 2 rings (SSSR count). The maximum absolute atomic E-state index is 12.2. The summed E-state index contributed by atoms with van der Waals surface area (Å²) in [5.74, 6) is 0.260. The van der Waals surface area contributed by atoms with Crippen molar-refractivity contribution in [2.75, 3.05) is 26.0 Å². The number of hydrogen-bond acceptors (Lipinski definition) is 4. The third-order valence-corrected chi connectivity index (χ3v) is 3.63. The van der Waals surface area contributed by atoms with Gasteiger partial charge in [-0.15, -0.1) is 0 Å². The van der Waals surface area contributed by atoms with Gasteiger partial charge in [0.1, 0.15) is 5.75 Å². The van der Waals surface area contributed by atoms with Gasteiger partial charge in [0.05, 0.1) is 6.61 Å². The number of benzene rings is 2. The molecule has 0 aliphatic carbocycles. The summed E-state index contributed by atoms with van der Waals surface area (Å²) in [5.41, 5.74) is 1.62. The summed E-state index contributed by atoms with van der Waals surface area (Å²) >= 11 is 5.18. The van der Waals surface area contributed by atoms with Crippen molar-refractivity contribution in [3.05, 3.63) is 59.7 Å². The molecule has 2 N–H and O–H groups in total. The molecule has 6 nitrogen and oxygen atoms in total. The molecule has 2 amide bonds. The lowest BCUT2D eigenvalue weighted by Crippen LogP contribution is -2.34. The van der Waals surface area contributed by atoms with Crippen LogP contribution in [0.1, 0.15) is 27.6 Å². The maximum atomic E-state index is 12.2. The molecule has 0 saturated carbocycles. The van der Waals surface area contributed by atoms with Crippen LogP contribution in [-0.4, -0.2) is 42.5 Å². The van der Waals surface area contributed by atoms with E-state index in [9.17, 15) is 9.59 Å². The quantitative estimate of drug-likeness (QED) is 0.791. The molecule has 0 spiro atoms. The molecule has 0 bridgehead atoms. The predicted octanol–water partition coefficient (Wildman–Crippen LogP) is 2.91. The van der Waals surface area contributed by atoms with Gasteiger partial charge in [0.25, 0.3) is 11.8 Å². The number of amides is 2. The van der Waals surface area contributed by atoms with Gasteiger partial charge < -0.3 is 15.0 Å². The lowest BCUT2D eigenvalue weighted by atomic mass is 10.2. The molecule has 2 aromatic rings. The molecule has 0 radical (unpaired) electrons. The summed E-state index contributed by atoms with van der Waals surface area (Å²) < 4.78 is 5.35. The van der Waals surface area contributed by atoms with Crippen molar-refractivity contribution >= 4 is 34.8 Å². The normalized spacial score (nSPS) is 9.96. The second kappa shape index (κ2) is 8.96. The number of nitrogens with zero attached hydrogens (tertiary/aromatic N) is 1. The zero-order chi connectivity index (χ0) is 19.1. The van der Waals surface area contributed by atoms with Crippen molar-refractivity contribution in [1.82, 2.24) is 10.2 Å². The van der Waals surface area contributed by atoms with E-state index in [0.29, 0.717) is 29.2 Å². The van der Waals surface area contributed by atoms with E-state index < -0.39 is 0 Å². The first kappa shape index (κ1) is 19.4. The smallest absolute Gasteiger partial charge is 0.257 e. The monoisotopic (exact) mass is 371 g/mol. The Labute approximate surface area is 158 Å². The largest absolute Gasteiger partial charge is 0.494 e. The van der Waals surface area contributed by atoms with Gasteiger partial charge in [0.15, 0.2) is 5.11 Å². The van der Waals surface area contributed by atoms with Crippen LogP contribution in [0.3, 0.4) is 0 Å². The van der Waals surface area contributed by atoms with Crippen LogP contribution >= 0.6 is 12.2 Å². The van der Waals surface area contributed by atoms with Crippen LogP contribution in [0.5, 0.6) is 5.75 Å². The lowest BCUT2D eigenvalue weighted by Gasteiger charge is -2.13. The van der Waals surface area contributed by atoms with Gasteiger partial charge in [-0.2, -0.15) is 0 Å². The van der Waals surface area contributed by atoms with Gasteiger partial charge in [0, 0.05) is 30.9 Å². The van der Waals surface area contributed by atoms with Gasteiger partial charge >= 0.3 is 0 Å². The Morgan fingerprint density at radius 2 is 1.77 bits per heavy atom. The minimum absolute atomic E-state index is 0.113. The number of carbonyl (C=O) groups excluding carboxylic acids is 2. The highest BCUT2D eigenvalue weighted by molar-refractivity contribution is 7.80. The van der Waals surface area contributed by atoms with E-state index in [1.54, 1.807) is 62.6 Å². The first-order valence-electron chi connectivity index (χ1n) is 8.07. The van der Waals surface area contributed by atoms with Crippen molar-refractivity contribution in [3.8, 4) is 5.75 Å². The summed E-state index contributed by atoms with van der Waals surface area (Å²) in [4.78, 5) is 25.7. The van der Waals surface area contributed by atoms with E-state index in [4.69, 9.17) is 17.0 Å². The van der Waals surface area contributed by atoms with Gasteiger partial charge in [-0.3, -0.25) is 14.9 Å². The van der Waals surface area contributed by atoms with Crippen molar-refractivity contribution < 1.29 is 14.3 Å². The molecule has 0 saturated heterocycles. The molecule has 0 fully saturated rings. The van der Waals surface area contributed by atoms with Crippen molar-refractivity contribution in [2.24, 2.45) is 0 Å². The van der Waals surface area contributed by atoms with E-state index in [-0.39, 0.29) is 16.9 Å². The summed E-state index contributed by atoms with van der Waals surface area (Å²) in [5, 5.41) is 5.68. The predicted molar refractivity (Wildman–Crippen MR) is 106 cm³/mol. The standard InChI is InChI=1S/C19H21N3O3S/c1-4-25-16-10-8-13(9-11-16)17(23)21-19(26)20-15-7-5-6-14(12-15)18(24)22(2)3/h5-12H,4H2,1-3H3,(H2,20,21,23,26). The average Bonchev–Trinajstić information content (AvgIpc) is 2.62. The molecule has 0 unspecified atom stereocenters. The molecule has 0 aliphatic heterocycles. The molecule has 0 aliphatic rings. The zero-order valence-corrected chi connectivity index (χ0v) is 15.7. The summed E-state index contributed by atoms with van der Waals surface area (Å²) in [6.07, 6.45) is 0. The fourth-order valence-electron chi connectivity index (χ4n) is 2.20. The zero-order valence-electron chi connectivity index (χ0n) is 14.9. The molecular formula is C19H21N3O3S. The summed E-state index contributed by atoms with van der Waals surface area (Å²) in [7, 11) is 3.37. The van der Waals surface area contributed by atoms with Gasteiger partial charge in [-0.05, 0) is 61.6 Å². The molecule has 136 valence electrons. The molecule has 7 heteroatoms. The number of hydrogen-bond donors (Lipinski definition) is 2. The first-order valence-corrected chi connectivity index (χ1v) is 8.48. The highest BCUT2D eigenvalue weighted by Gasteiger charge is 2.11. The average molecular weight is 371 g/mol. The van der Waals surface area contributed by atoms with E-state index in [1.165, 1.54) is 4.90 Å². The van der Waals surface area contributed by atoms with Gasteiger partial charge in [0.2, 0.25) is 0 Å². The number of thiocarbonyl (C=S) groups is 1. The van der Waals surface area contributed by atoms with Crippen LogP contribution in [0.25, 0.3) is 0 Å². The van der Waals surface area contributed by atoms with Crippen molar-refractivity contribution in [3.63, 3.8) is 0 Å². The van der Waals surface area contributed by atoms with Gasteiger partial charge in [-0.25, -0.2) is 0 Å². The summed E-state index contributed by atoms with van der Waals surface area (Å²) in [6.45, 7) is 2.46. The van der Waals surface area contributed by atoms with E-state index in [0.717, 1.165) is 0 Å². The van der Waals surface area contributed by atoms with E-state index in [2.05, 4.69) is 10.6 Å². The Hall–Kier alpha value is -2.93. The minimum atomic E-state index is -0.328. The Morgan fingerprint density at radius 1 is 1.08 bits per heavy atom. The second-order valence-corrected chi connectivity index (χ2v) is 6.05. The molecule has 26 heavy (non-hydrogen) atoms.